The number of hydrogen-bond acceptors (Lipinski definition) is 4. The second-order valence-corrected chi connectivity index (χ2v) is 6.32. The molecule has 1 saturated heterocycles. The Balaban J connectivity index is 1.80. The first-order chi connectivity index (χ1) is 12.1. The predicted octanol–water partition coefficient (Wildman–Crippen LogP) is 1.99. The largest absolute Gasteiger partial charge is 0.494 e. The molecular formula is C18H23FN4O2. The molecule has 134 valence electrons. The quantitative estimate of drug-likeness (QED) is 0.869. The molecular weight excluding hydrogens is 323 g/mol. The fourth-order valence-electron chi connectivity index (χ4n) is 3.29. The smallest absolute Gasteiger partial charge is 0.248 e. The van der Waals surface area contributed by atoms with Gasteiger partial charge in [0.25, 0.3) is 0 Å². The summed E-state index contributed by atoms with van der Waals surface area (Å²) in [6.07, 6.45) is 4.82. The highest BCUT2D eigenvalue weighted by Crippen LogP contribution is 2.29. The van der Waals surface area contributed by atoms with E-state index in [0.717, 1.165) is 13.1 Å². The molecule has 2 aromatic rings. The first-order valence-corrected chi connectivity index (χ1v) is 8.42. The molecule has 0 spiro atoms. The van der Waals surface area contributed by atoms with E-state index in [1.165, 1.54) is 13.2 Å². The van der Waals surface area contributed by atoms with Gasteiger partial charge >= 0.3 is 0 Å². The summed E-state index contributed by atoms with van der Waals surface area (Å²) in [7, 11) is 1.42. The van der Waals surface area contributed by atoms with Crippen LogP contribution in [0.4, 0.5) is 4.39 Å². The van der Waals surface area contributed by atoms with Crippen molar-refractivity contribution in [3.05, 3.63) is 48.0 Å². The molecule has 1 aromatic heterocycles. The summed E-state index contributed by atoms with van der Waals surface area (Å²) >= 11 is 0. The van der Waals surface area contributed by atoms with Gasteiger partial charge in [0, 0.05) is 12.4 Å². The van der Waals surface area contributed by atoms with Crippen LogP contribution in [-0.4, -0.2) is 35.9 Å². The van der Waals surface area contributed by atoms with E-state index in [1.54, 1.807) is 23.0 Å². The lowest BCUT2D eigenvalue weighted by molar-refractivity contribution is -0.132. The number of rotatable bonds is 5. The van der Waals surface area contributed by atoms with Crippen LogP contribution >= 0.6 is 0 Å². The molecule has 1 aromatic carbocycles. The molecule has 0 radical (unpaired) electrons. The third-order valence-corrected chi connectivity index (χ3v) is 4.82. The zero-order chi connectivity index (χ0) is 17.9. The van der Waals surface area contributed by atoms with Gasteiger partial charge in [0.1, 0.15) is 5.54 Å². The number of piperidine rings is 1. The van der Waals surface area contributed by atoms with Crippen molar-refractivity contribution >= 4 is 5.91 Å². The van der Waals surface area contributed by atoms with Crippen LogP contribution in [0.1, 0.15) is 31.4 Å². The van der Waals surface area contributed by atoms with E-state index >= 15 is 0 Å². The van der Waals surface area contributed by atoms with Crippen LogP contribution in [0.3, 0.4) is 0 Å². The van der Waals surface area contributed by atoms with Gasteiger partial charge < -0.3 is 15.4 Å². The van der Waals surface area contributed by atoms with Crippen LogP contribution in [-0.2, 0) is 10.3 Å². The van der Waals surface area contributed by atoms with Crippen LogP contribution < -0.4 is 15.4 Å². The number of carbonyl (C=O) groups excluding carboxylic acids is 1. The van der Waals surface area contributed by atoms with E-state index in [1.807, 2.05) is 19.2 Å². The van der Waals surface area contributed by atoms with Crippen molar-refractivity contribution in [2.45, 2.75) is 31.3 Å². The summed E-state index contributed by atoms with van der Waals surface area (Å²) in [4.78, 5) is 13.1. The normalized spacial score (nSPS) is 17.7. The van der Waals surface area contributed by atoms with Crippen molar-refractivity contribution in [3.8, 4) is 5.75 Å². The SMILES string of the molecule is COc1ccc(C(C)NC(=O)C2(n3cccn3)CCNCC2)cc1F. The molecule has 0 saturated carbocycles. The van der Waals surface area contributed by atoms with Gasteiger partial charge in [-0.15, -0.1) is 0 Å². The van der Waals surface area contributed by atoms with Crippen molar-refractivity contribution in [1.82, 2.24) is 20.4 Å². The Labute approximate surface area is 146 Å². The Bertz CT molecular complexity index is 727. The number of methoxy groups -OCH3 is 1. The second kappa shape index (κ2) is 7.23. The maximum Gasteiger partial charge on any atom is 0.248 e. The Kier molecular flexibility index (Phi) is 5.03. The molecule has 1 atom stereocenters. The number of halogens is 1. The number of ether oxygens (including phenoxy) is 1. The molecule has 0 bridgehead atoms. The van der Waals surface area contributed by atoms with Gasteiger partial charge in [-0.25, -0.2) is 4.39 Å². The number of hydrogen-bond donors (Lipinski definition) is 2. The molecule has 25 heavy (non-hydrogen) atoms. The lowest BCUT2D eigenvalue weighted by atomic mass is 9.87. The van der Waals surface area contributed by atoms with Crippen LogP contribution in [0.5, 0.6) is 5.75 Å². The van der Waals surface area contributed by atoms with Gasteiger partial charge in [-0.1, -0.05) is 6.07 Å². The van der Waals surface area contributed by atoms with Crippen molar-refractivity contribution in [2.75, 3.05) is 20.2 Å². The minimum Gasteiger partial charge on any atom is -0.494 e. The maximum absolute atomic E-state index is 13.9. The number of nitrogens with one attached hydrogen (secondary N) is 2. The molecule has 2 heterocycles. The van der Waals surface area contributed by atoms with Gasteiger partial charge in [0.15, 0.2) is 11.6 Å². The van der Waals surface area contributed by atoms with Crippen LogP contribution in [0.25, 0.3) is 0 Å². The summed E-state index contributed by atoms with van der Waals surface area (Å²) in [6.45, 7) is 3.34. The predicted molar refractivity (Wildman–Crippen MR) is 91.8 cm³/mol. The Morgan fingerprint density at radius 1 is 1.44 bits per heavy atom. The lowest BCUT2D eigenvalue weighted by Gasteiger charge is -2.37. The van der Waals surface area contributed by atoms with E-state index < -0.39 is 11.4 Å². The van der Waals surface area contributed by atoms with E-state index in [4.69, 9.17) is 4.74 Å². The summed E-state index contributed by atoms with van der Waals surface area (Å²) in [6, 6.07) is 6.22. The van der Waals surface area contributed by atoms with Crippen molar-refractivity contribution in [1.29, 1.82) is 0 Å². The van der Waals surface area contributed by atoms with Gasteiger partial charge in [0.2, 0.25) is 5.91 Å². The third-order valence-electron chi connectivity index (χ3n) is 4.82. The van der Waals surface area contributed by atoms with Gasteiger partial charge in [-0.3, -0.25) is 9.48 Å². The lowest BCUT2D eigenvalue weighted by Crippen LogP contribution is -2.55. The molecule has 1 fully saturated rings. The minimum absolute atomic E-state index is 0.0959. The molecule has 1 amide bonds. The summed E-state index contributed by atoms with van der Waals surface area (Å²) < 4.78 is 20.6. The standard InChI is InChI=1S/C18H23FN4O2/c1-13(14-4-5-16(25-2)15(19)12-14)22-17(24)18(6-9-20-10-7-18)23-11-3-8-21-23/h3-5,8,11-13,20H,6-7,9-10H2,1-2H3,(H,22,24). The van der Waals surface area contributed by atoms with Crippen LogP contribution in [0.2, 0.25) is 0 Å². The average molecular weight is 346 g/mol. The molecule has 1 unspecified atom stereocenters. The van der Waals surface area contributed by atoms with E-state index in [9.17, 15) is 9.18 Å². The molecule has 6 nitrogen and oxygen atoms in total. The molecule has 1 aliphatic heterocycles. The monoisotopic (exact) mass is 346 g/mol. The summed E-state index contributed by atoms with van der Waals surface area (Å²) in [5.74, 6) is -0.347. The highest BCUT2D eigenvalue weighted by molar-refractivity contribution is 5.85. The van der Waals surface area contributed by atoms with Gasteiger partial charge in [-0.2, -0.15) is 5.10 Å². The molecule has 2 N–H and O–H groups in total. The number of benzene rings is 1. The van der Waals surface area contributed by atoms with Gasteiger partial charge in [-0.05, 0) is 56.6 Å². The fraction of sp³-hybridized carbons (Fsp3) is 0.444. The highest BCUT2D eigenvalue weighted by atomic mass is 19.1. The Morgan fingerprint density at radius 2 is 2.20 bits per heavy atom. The molecule has 0 aliphatic carbocycles. The number of amides is 1. The molecule has 1 aliphatic rings. The van der Waals surface area contributed by atoms with Crippen LogP contribution in [0.15, 0.2) is 36.7 Å². The molecule has 7 heteroatoms. The zero-order valence-electron chi connectivity index (χ0n) is 14.5. The number of aromatic nitrogens is 2. The highest BCUT2D eigenvalue weighted by Gasteiger charge is 2.42. The van der Waals surface area contributed by atoms with Crippen molar-refractivity contribution in [2.24, 2.45) is 0 Å². The Morgan fingerprint density at radius 3 is 2.80 bits per heavy atom. The van der Waals surface area contributed by atoms with E-state index in [2.05, 4.69) is 15.7 Å². The third kappa shape index (κ3) is 3.37. The topological polar surface area (TPSA) is 68.2 Å². The summed E-state index contributed by atoms with van der Waals surface area (Å²) in [5, 5.41) is 10.6. The maximum atomic E-state index is 13.9. The van der Waals surface area contributed by atoms with Crippen molar-refractivity contribution in [3.63, 3.8) is 0 Å². The first kappa shape index (κ1) is 17.4. The average Bonchev–Trinajstić information content (AvgIpc) is 3.17. The van der Waals surface area contributed by atoms with Crippen LogP contribution in [0, 0.1) is 5.82 Å². The van der Waals surface area contributed by atoms with E-state index in [0.29, 0.717) is 18.4 Å². The fourth-order valence-corrected chi connectivity index (χ4v) is 3.29. The minimum atomic E-state index is -0.714. The zero-order valence-corrected chi connectivity index (χ0v) is 14.5. The molecule has 3 rings (SSSR count). The Hall–Kier alpha value is -2.41. The first-order valence-electron chi connectivity index (χ1n) is 8.42. The van der Waals surface area contributed by atoms with Gasteiger partial charge in [0.05, 0.1) is 13.2 Å². The summed E-state index contributed by atoms with van der Waals surface area (Å²) in [5.41, 5.74) is -0.0233. The number of nitrogens with zero attached hydrogens (tertiary/aromatic N) is 2. The van der Waals surface area contributed by atoms with E-state index in [-0.39, 0.29) is 17.7 Å². The van der Waals surface area contributed by atoms with Crippen molar-refractivity contribution < 1.29 is 13.9 Å². The second-order valence-electron chi connectivity index (χ2n) is 6.32. The number of carbonyl (C=O) groups is 1.